The van der Waals surface area contributed by atoms with Crippen molar-refractivity contribution in [2.45, 2.75) is 11.8 Å². The highest BCUT2D eigenvalue weighted by Gasteiger charge is 2.27. The van der Waals surface area contributed by atoms with E-state index < -0.39 is 22.5 Å². The van der Waals surface area contributed by atoms with E-state index in [1.807, 2.05) is 0 Å². The van der Waals surface area contributed by atoms with Crippen molar-refractivity contribution in [2.75, 3.05) is 10.8 Å². The highest BCUT2D eigenvalue weighted by molar-refractivity contribution is 7.92. The minimum Gasteiger partial charge on any atom is -0.368 e. The molecule has 0 aromatic heterocycles. The second-order valence-electron chi connectivity index (χ2n) is 4.72. The SMILES string of the molecule is Cc1ccc(Cl)cc1N(CC(N)=O)S(=O)(=O)c1ccccc1. The fourth-order valence-electron chi connectivity index (χ4n) is 2.01. The molecule has 2 rings (SSSR count). The minimum absolute atomic E-state index is 0.0793. The summed E-state index contributed by atoms with van der Waals surface area (Å²) in [6.07, 6.45) is 0. The van der Waals surface area contributed by atoms with Gasteiger partial charge in [-0.15, -0.1) is 0 Å². The van der Waals surface area contributed by atoms with Crippen LogP contribution in [0.2, 0.25) is 5.02 Å². The third-order valence-corrected chi connectivity index (χ3v) is 5.08. The number of halogens is 1. The quantitative estimate of drug-likeness (QED) is 0.908. The monoisotopic (exact) mass is 338 g/mol. The third-order valence-electron chi connectivity index (χ3n) is 3.07. The number of rotatable bonds is 5. The summed E-state index contributed by atoms with van der Waals surface area (Å²) in [5, 5.41) is 0.373. The number of anilines is 1. The number of carbonyl (C=O) groups excluding carboxylic acids is 1. The van der Waals surface area contributed by atoms with Crippen molar-refractivity contribution >= 4 is 33.2 Å². The van der Waals surface area contributed by atoms with E-state index in [0.717, 1.165) is 4.31 Å². The number of primary amides is 1. The van der Waals surface area contributed by atoms with E-state index >= 15 is 0 Å². The highest BCUT2D eigenvalue weighted by atomic mass is 35.5. The summed E-state index contributed by atoms with van der Waals surface area (Å²) in [6.45, 7) is 1.28. The number of amides is 1. The van der Waals surface area contributed by atoms with Gasteiger partial charge >= 0.3 is 0 Å². The lowest BCUT2D eigenvalue weighted by Crippen LogP contribution is -2.39. The standard InChI is InChI=1S/C15H15ClN2O3S/c1-11-7-8-12(16)9-14(11)18(10-15(17)19)22(20,21)13-5-3-2-4-6-13/h2-9H,10H2,1H3,(H2,17,19). The van der Waals surface area contributed by atoms with Crippen LogP contribution in [0.25, 0.3) is 0 Å². The van der Waals surface area contributed by atoms with Crippen LogP contribution in [0.5, 0.6) is 0 Å². The summed E-state index contributed by atoms with van der Waals surface area (Å²) >= 11 is 5.96. The van der Waals surface area contributed by atoms with Crippen LogP contribution in [0.3, 0.4) is 0 Å². The molecule has 0 atom stereocenters. The molecule has 0 unspecified atom stereocenters. The molecule has 0 heterocycles. The van der Waals surface area contributed by atoms with E-state index in [4.69, 9.17) is 17.3 Å². The lowest BCUT2D eigenvalue weighted by Gasteiger charge is -2.25. The van der Waals surface area contributed by atoms with E-state index in [9.17, 15) is 13.2 Å². The predicted molar refractivity (Wildman–Crippen MR) is 86.4 cm³/mol. The van der Waals surface area contributed by atoms with Gasteiger partial charge in [0.1, 0.15) is 6.54 Å². The molecule has 0 aliphatic carbocycles. The summed E-state index contributed by atoms with van der Waals surface area (Å²) in [5.41, 5.74) is 6.22. The maximum atomic E-state index is 12.8. The Morgan fingerprint density at radius 3 is 2.41 bits per heavy atom. The summed E-state index contributed by atoms with van der Waals surface area (Å²) < 4.78 is 26.6. The zero-order valence-electron chi connectivity index (χ0n) is 11.9. The van der Waals surface area contributed by atoms with Crippen LogP contribution in [0.4, 0.5) is 5.69 Å². The van der Waals surface area contributed by atoms with Crippen molar-refractivity contribution < 1.29 is 13.2 Å². The number of sulfonamides is 1. The first-order valence-electron chi connectivity index (χ1n) is 6.44. The van der Waals surface area contributed by atoms with Gasteiger partial charge < -0.3 is 5.73 Å². The Hall–Kier alpha value is -2.05. The van der Waals surface area contributed by atoms with Gasteiger partial charge in [0.25, 0.3) is 10.0 Å². The number of nitrogens with two attached hydrogens (primary N) is 1. The van der Waals surface area contributed by atoms with Crippen molar-refractivity contribution in [1.29, 1.82) is 0 Å². The third kappa shape index (κ3) is 3.40. The Morgan fingerprint density at radius 2 is 1.82 bits per heavy atom. The van der Waals surface area contributed by atoms with E-state index in [2.05, 4.69) is 0 Å². The molecule has 0 radical (unpaired) electrons. The van der Waals surface area contributed by atoms with Gasteiger partial charge in [-0.3, -0.25) is 9.10 Å². The van der Waals surface area contributed by atoms with Crippen LogP contribution in [0, 0.1) is 6.92 Å². The topological polar surface area (TPSA) is 80.5 Å². The Morgan fingerprint density at radius 1 is 1.18 bits per heavy atom. The molecule has 0 saturated carbocycles. The van der Waals surface area contributed by atoms with Gasteiger partial charge in [0.05, 0.1) is 10.6 Å². The molecule has 0 fully saturated rings. The smallest absolute Gasteiger partial charge is 0.264 e. The minimum atomic E-state index is -3.91. The van der Waals surface area contributed by atoms with Crippen molar-refractivity contribution in [3.05, 3.63) is 59.1 Å². The highest BCUT2D eigenvalue weighted by Crippen LogP contribution is 2.29. The fraction of sp³-hybridized carbons (Fsp3) is 0.133. The molecule has 2 N–H and O–H groups in total. The average molecular weight is 339 g/mol. The van der Waals surface area contributed by atoms with Gasteiger partial charge in [-0.05, 0) is 36.8 Å². The van der Waals surface area contributed by atoms with Gasteiger partial charge in [-0.25, -0.2) is 8.42 Å². The molecule has 2 aromatic rings. The Labute approximate surface area is 134 Å². The van der Waals surface area contributed by atoms with Crippen LogP contribution in [0.1, 0.15) is 5.56 Å². The van der Waals surface area contributed by atoms with Gasteiger partial charge in [-0.1, -0.05) is 35.9 Å². The Balaban J connectivity index is 2.60. The molecule has 0 bridgehead atoms. The van der Waals surface area contributed by atoms with E-state index in [0.29, 0.717) is 16.3 Å². The molecule has 5 nitrogen and oxygen atoms in total. The zero-order chi connectivity index (χ0) is 16.3. The first-order chi connectivity index (χ1) is 10.3. The molecule has 116 valence electrons. The molecule has 0 saturated heterocycles. The second-order valence-corrected chi connectivity index (χ2v) is 7.02. The molecule has 1 amide bonds. The van der Waals surface area contributed by atoms with Crippen molar-refractivity contribution in [3.63, 3.8) is 0 Å². The Kier molecular flexibility index (Phi) is 4.73. The van der Waals surface area contributed by atoms with E-state index in [1.165, 1.54) is 18.2 Å². The predicted octanol–water partition coefficient (Wildman–Crippen LogP) is 2.33. The number of aryl methyl sites for hydroxylation is 1. The first kappa shape index (κ1) is 16.3. The molecule has 0 aliphatic heterocycles. The molecular weight excluding hydrogens is 324 g/mol. The summed E-state index contributed by atoms with van der Waals surface area (Å²) in [7, 11) is -3.91. The second kappa shape index (κ2) is 6.37. The number of benzene rings is 2. The largest absolute Gasteiger partial charge is 0.368 e. The number of hydrogen-bond acceptors (Lipinski definition) is 3. The van der Waals surface area contributed by atoms with Crippen molar-refractivity contribution in [3.8, 4) is 0 Å². The van der Waals surface area contributed by atoms with Crippen LogP contribution >= 0.6 is 11.6 Å². The summed E-state index contributed by atoms with van der Waals surface area (Å²) in [5.74, 6) is -0.751. The molecule has 0 aliphatic rings. The van der Waals surface area contributed by atoms with Gasteiger partial charge in [-0.2, -0.15) is 0 Å². The van der Waals surface area contributed by atoms with Gasteiger partial charge in [0.2, 0.25) is 5.91 Å². The average Bonchev–Trinajstić information content (AvgIpc) is 2.48. The summed E-state index contributed by atoms with van der Waals surface area (Å²) in [4.78, 5) is 11.4. The lowest BCUT2D eigenvalue weighted by molar-refractivity contribution is -0.116. The van der Waals surface area contributed by atoms with E-state index in [-0.39, 0.29) is 4.90 Å². The van der Waals surface area contributed by atoms with E-state index in [1.54, 1.807) is 37.3 Å². The zero-order valence-corrected chi connectivity index (χ0v) is 13.4. The summed E-state index contributed by atoms with van der Waals surface area (Å²) in [6, 6.07) is 12.7. The van der Waals surface area contributed by atoms with Gasteiger partial charge in [0.15, 0.2) is 0 Å². The maximum absolute atomic E-state index is 12.8. The first-order valence-corrected chi connectivity index (χ1v) is 8.26. The molecule has 0 spiro atoms. The molecular formula is C15H15ClN2O3S. The molecule has 2 aromatic carbocycles. The number of nitrogens with zero attached hydrogens (tertiary/aromatic N) is 1. The van der Waals surface area contributed by atoms with Crippen LogP contribution in [-0.2, 0) is 14.8 Å². The number of carbonyl (C=O) groups is 1. The number of hydrogen-bond donors (Lipinski definition) is 1. The van der Waals surface area contributed by atoms with Crippen LogP contribution in [-0.4, -0.2) is 20.9 Å². The molecule has 22 heavy (non-hydrogen) atoms. The van der Waals surface area contributed by atoms with Crippen molar-refractivity contribution in [2.24, 2.45) is 5.73 Å². The van der Waals surface area contributed by atoms with Gasteiger partial charge in [0, 0.05) is 5.02 Å². The normalized spacial score (nSPS) is 11.2. The Bertz CT molecular complexity index is 792. The maximum Gasteiger partial charge on any atom is 0.264 e. The van der Waals surface area contributed by atoms with Crippen LogP contribution in [0.15, 0.2) is 53.4 Å². The fourth-order valence-corrected chi connectivity index (χ4v) is 3.69. The van der Waals surface area contributed by atoms with Crippen LogP contribution < -0.4 is 10.0 Å². The van der Waals surface area contributed by atoms with Crippen molar-refractivity contribution in [1.82, 2.24) is 0 Å². The lowest BCUT2D eigenvalue weighted by atomic mass is 10.2. The molecule has 7 heteroatoms.